The monoisotopic (exact) mass is 206 g/mol. The molecule has 80 valence electrons. The molecular formula is C12H14O3. The van der Waals surface area contributed by atoms with Gasteiger partial charge < -0.3 is 9.47 Å². The van der Waals surface area contributed by atoms with Crippen LogP contribution in [0.2, 0.25) is 0 Å². The first kappa shape index (κ1) is 10.0. The maximum Gasteiger partial charge on any atom is 0.172 e. The third kappa shape index (κ3) is 1.58. The lowest BCUT2D eigenvalue weighted by Crippen LogP contribution is -2.19. The first-order valence-electron chi connectivity index (χ1n) is 5.02. The maximum absolute atomic E-state index is 11.5. The van der Waals surface area contributed by atoms with Crippen molar-refractivity contribution < 1.29 is 14.3 Å². The molecule has 0 unspecified atom stereocenters. The lowest BCUT2D eigenvalue weighted by molar-refractivity contribution is 0.100. The molecule has 1 aliphatic heterocycles. The number of hydrogen-bond acceptors (Lipinski definition) is 3. The first-order chi connectivity index (χ1) is 7.11. The van der Waals surface area contributed by atoms with Crippen molar-refractivity contribution in [3.8, 4) is 11.5 Å². The Morgan fingerprint density at radius 3 is 2.33 bits per heavy atom. The van der Waals surface area contributed by atoms with Crippen LogP contribution < -0.4 is 9.47 Å². The molecule has 1 heterocycles. The first-order valence-corrected chi connectivity index (χ1v) is 5.02. The largest absolute Gasteiger partial charge is 0.486 e. The lowest BCUT2D eigenvalue weighted by Gasteiger charge is -2.23. The summed E-state index contributed by atoms with van der Waals surface area (Å²) in [5.74, 6) is 1.36. The quantitative estimate of drug-likeness (QED) is 0.661. The Morgan fingerprint density at radius 2 is 1.73 bits per heavy atom. The van der Waals surface area contributed by atoms with Crippen molar-refractivity contribution in [2.75, 3.05) is 13.2 Å². The summed E-state index contributed by atoms with van der Waals surface area (Å²) < 4.78 is 11.1. The predicted molar refractivity (Wildman–Crippen MR) is 56.9 cm³/mol. The fourth-order valence-corrected chi connectivity index (χ4v) is 1.98. The molecule has 2 rings (SSSR count). The summed E-state index contributed by atoms with van der Waals surface area (Å²) in [6.45, 7) is 6.49. The fourth-order valence-electron chi connectivity index (χ4n) is 1.98. The summed E-state index contributed by atoms with van der Waals surface area (Å²) in [6, 6.07) is 1.96. The van der Waals surface area contributed by atoms with E-state index in [0.717, 1.165) is 16.9 Å². The molecular weight excluding hydrogens is 192 g/mol. The van der Waals surface area contributed by atoms with Crippen LogP contribution in [0.4, 0.5) is 0 Å². The number of ketones is 1. The van der Waals surface area contributed by atoms with Crippen molar-refractivity contribution in [2.24, 2.45) is 0 Å². The summed E-state index contributed by atoms with van der Waals surface area (Å²) >= 11 is 0. The summed E-state index contributed by atoms with van der Waals surface area (Å²) in [4.78, 5) is 11.5. The van der Waals surface area contributed by atoms with E-state index in [1.165, 1.54) is 0 Å². The summed E-state index contributed by atoms with van der Waals surface area (Å²) in [5, 5.41) is 0. The van der Waals surface area contributed by atoms with E-state index in [-0.39, 0.29) is 5.78 Å². The maximum atomic E-state index is 11.5. The number of aryl methyl sites for hydroxylation is 2. The van der Waals surface area contributed by atoms with Gasteiger partial charge in [-0.15, -0.1) is 0 Å². The average Bonchev–Trinajstić information content (AvgIpc) is 2.17. The van der Waals surface area contributed by atoms with E-state index in [0.29, 0.717) is 24.5 Å². The van der Waals surface area contributed by atoms with Crippen molar-refractivity contribution in [1.29, 1.82) is 0 Å². The summed E-state index contributed by atoms with van der Waals surface area (Å²) in [5.41, 5.74) is 2.62. The van der Waals surface area contributed by atoms with Gasteiger partial charge in [-0.2, -0.15) is 0 Å². The number of carbonyl (C=O) groups is 1. The zero-order valence-electron chi connectivity index (χ0n) is 9.22. The lowest BCUT2D eigenvalue weighted by atomic mass is 10.00. The van der Waals surface area contributed by atoms with Gasteiger partial charge in [-0.1, -0.05) is 6.07 Å². The minimum absolute atomic E-state index is 0.0225. The van der Waals surface area contributed by atoms with Crippen molar-refractivity contribution in [2.45, 2.75) is 20.8 Å². The van der Waals surface area contributed by atoms with Crippen LogP contribution in [0.3, 0.4) is 0 Å². The highest BCUT2D eigenvalue weighted by atomic mass is 16.6. The van der Waals surface area contributed by atoms with Gasteiger partial charge in [0.1, 0.15) is 13.2 Å². The summed E-state index contributed by atoms with van der Waals surface area (Å²) in [6.07, 6.45) is 0. The van der Waals surface area contributed by atoms with Gasteiger partial charge in [-0.25, -0.2) is 0 Å². The fraction of sp³-hybridized carbons (Fsp3) is 0.417. The highest BCUT2D eigenvalue weighted by Crippen LogP contribution is 2.38. The standard InChI is InChI=1S/C12H14O3/c1-7-6-8(2)11-12(10(7)9(3)13)15-5-4-14-11/h6H,4-5H2,1-3H3. The van der Waals surface area contributed by atoms with Gasteiger partial charge in [-0.3, -0.25) is 4.79 Å². The number of hydrogen-bond donors (Lipinski definition) is 0. The number of carbonyl (C=O) groups excluding carboxylic acids is 1. The van der Waals surface area contributed by atoms with Crippen LogP contribution in [0.1, 0.15) is 28.4 Å². The van der Waals surface area contributed by atoms with Crippen LogP contribution in [-0.2, 0) is 0 Å². The molecule has 15 heavy (non-hydrogen) atoms. The number of Topliss-reactive ketones (excluding diaryl/α,β-unsaturated/α-hetero) is 1. The normalized spacial score (nSPS) is 13.8. The second kappa shape index (κ2) is 3.57. The Morgan fingerprint density at radius 1 is 1.13 bits per heavy atom. The van der Waals surface area contributed by atoms with E-state index >= 15 is 0 Å². The second-order valence-corrected chi connectivity index (χ2v) is 3.80. The third-order valence-electron chi connectivity index (χ3n) is 2.55. The van der Waals surface area contributed by atoms with Gasteiger partial charge in [-0.05, 0) is 31.9 Å². The van der Waals surface area contributed by atoms with Crippen LogP contribution in [0.25, 0.3) is 0 Å². The molecule has 3 heteroatoms. The van der Waals surface area contributed by atoms with E-state index in [1.54, 1.807) is 6.92 Å². The van der Waals surface area contributed by atoms with Gasteiger partial charge >= 0.3 is 0 Å². The minimum atomic E-state index is 0.0225. The zero-order chi connectivity index (χ0) is 11.0. The molecule has 0 aliphatic carbocycles. The smallest absolute Gasteiger partial charge is 0.172 e. The molecule has 0 spiro atoms. The van der Waals surface area contributed by atoms with E-state index in [4.69, 9.17) is 9.47 Å². The van der Waals surface area contributed by atoms with Crippen molar-refractivity contribution >= 4 is 5.78 Å². The van der Waals surface area contributed by atoms with E-state index in [2.05, 4.69) is 0 Å². The highest BCUT2D eigenvalue weighted by Gasteiger charge is 2.22. The third-order valence-corrected chi connectivity index (χ3v) is 2.55. The average molecular weight is 206 g/mol. The van der Waals surface area contributed by atoms with Crippen molar-refractivity contribution in [1.82, 2.24) is 0 Å². The van der Waals surface area contributed by atoms with Gasteiger partial charge in [0, 0.05) is 0 Å². The van der Waals surface area contributed by atoms with Gasteiger partial charge in [0.25, 0.3) is 0 Å². The molecule has 0 N–H and O–H groups in total. The van der Waals surface area contributed by atoms with Crippen LogP contribution in [0.5, 0.6) is 11.5 Å². The molecule has 1 aliphatic rings. The van der Waals surface area contributed by atoms with Crippen molar-refractivity contribution in [3.05, 3.63) is 22.8 Å². The SMILES string of the molecule is CC(=O)c1c(C)cc(C)c2c1OCCO2. The topological polar surface area (TPSA) is 35.5 Å². The van der Waals surface area contributed by atoms with Gasteiger partial charge in [0.2, 0.25) is 0 Å². The molecule has 0 bridgehead atoms. The Hall–Kier alpha value is -1.51. The molecule has 3 nitrogen and oxygen atoms in total. The molecule has 1 aromatic rings. The van der Waals surface area contributed by atoms with Crippen LogP contribution in [-0.4, -0.2) is 19.0 Å². The molecule has 0 aromatic heterocycles. The molecule has 0 saturated carbocycles. The highest BCUT2D eigenvalue weighted by molar-refractivity contribution is 5.99. The predicted octanol–water partition coefficient (Wildman–Crippen LogP) is 2.28. The molecule has 0 saturated heterocycles. The Balaban J connectivity index is 2.68. The number of benzene rings is 1. The second-order valence-electron chi connectivity index (χ2n) is 3.80. The minimum Gasteiger partial charge on any atom is -0.486 e. The Kier molecular flexibility index (Phi) is 2.39. The van der Waals surface area contributed by atoms with Crippen LogP contribution in [0.15, 0.2) is 6.07 Å². The molecule has 1 aromatic carbocycles. The number of ether oxygens (including phenoxy) is 2. The van der Waals surface area contributed by atoms with Crippen molar-refractivity contribution in [3.63, 3.8) is 0 Å². The van der Waals surface area contributed by atoms with Gasteiger partial charge in [0.15, 0.2) is 17.3 Å². The van der Waals surface area contributed by atoms with E-state index in [9.17, 15) is 4.79 Å². The number of rotatable bonds is 1. The molecule has 0 radical (unpaired) electrons. The van der Waals surface area contributed by atoms with E-state index in [1.807, 2.05) is 19.9 Å². The van der Waals surface area contributed by atoms with Crippen LogP contribution in [0, 0.1) is 13.8 Å². The molecule has 0 fully saturated rings. The molecule has 0 amide bonds. The van der Waals surface area contributed by atoms with Gasteiger partial charge in [0.05, 0.1) is 5.56 Å². The molecule has 0 atom stereocenters. The zero-order valence-corrected chi connectivity index (χ0v) is 9.22. The van der Waals surface area contributed by atoms with E-state index < -0.39 is 0 Å². The van der Waals surface area contributed by atoms with Crippen LogP contribution >= 0.6 is 0 Å². The Bertz CT molecular complexity index is 421. The summed E-state index contributed by atoms with van der Waals surface area (Å²) in [7, 11) is 0. The Labute approximate surface area is 89.0 Å². The number of fused-ring (bicyclic) bond motifs is 1.